The second-order valence-electron chi connectivity index (χ2n) is 7.58. The molecule has 1 amide bonds. The molecule has 2 aromatic heterocycles. The molecule has 0 unspecified atom stereocenters. The standard InChI is InChI=1S/C20H30N4O2.CO2/c1-16-10-9-11-18(23-16)17-14-22-24(15-17)13-8-6-5-7-12-21-19(25)26-20(2,3)4;2-1-3/h9-11,14-15H,5-8,12-13H2,1-4H3,(H,21,25);. The van der Waals surface area contributed by atoms with Crippen molar-refractivity contribution in [3.63, 3.8) is 0 Å². The molecule has 0 aliphatic heterocycles. The lowest BCUT2D eigenvalue weighted by Crippen LogP contribution is -2.32. The Morgan fingerprint density at radius 1 is 1.17 bits per heavy atom. The van der Waals surface area contributed by atoms with Crippen molar-refractivity contribution in [1.29, 1.82) is 0 Å². The van der Waals surface area contributed by atoms with E-state index in [1.54, 1.807) is 0 Å². The largest absolute Gasteiger partial charge is 0.444 e. The van der Waals surface area contributed by atoms with Crippen LogP contribution in [-0.2, 0) is 20.9 Å². The minimum Gasteiger partial charge on any atom is -0.444 e. The predicted molar refractivity (Wildman–Crippen MR) is 108 cm³/mol. The Labute approximate surface area is 171 Å². The molecule has 2 heterocycles. The van der Waals surface area contributed by atoms with Gasteiger partial charge >= 0.3 is 12.2 Å². The highest BCUT2D eigenvalue weighted by Gasteiger charge is 2.15. The number of rotatable bonds is 8. The van der Waals surface area contributed by atoms with Gasteiger partial charge < -0.3 is 10.1 Å². The summed E-state index contributed by atoms with van der Waals surface area (Å²) < 4.78 is 7.17. The van der Waals surface area contributed by atoms with E-state index in [2.05, 4.69) is 15.4 Å². The van der Waals surface area contributed by atoms with Crippen LogP contribution in [0, 0.1) is 6.92 Å². The summed E-state index contributed by atoms with van der Waals surface area (Å²) in [6, 6.07) is 6.01. The first-order valence-electron chi connectivity index (χ1n) is 9.68. The maximum atomic E-state index is 11.5. The molecule has 0 atom stereocenters. The van der Waals surface area contributed by atoms with E-state index in [1.807, 2.05) is 63.0 Å². The van der Waals surface area contributed by atoms with E-state index in [0.29, 0.717) is 6.54 Å². The molecular formula is C21H30N4O4. The number of carbonyl (C=O) groups is 1. The molecule has 8 heteroatoms. The van der Waals surface area contributed by atoms with Crippen LogP contribution in [0.25, 0.3) is 11.3 Å². The molecule has 1 N–H and O–H groups in total. The van der Waals surface area contributed by atoms with Gasteiger partial charge in [-0.2, -0.15) is 14.7 Å². The number of unbranched alkanes of at least 4 members (excludes halogenated alkanes) is 3. The van der Waals surface area contributed by atoms with Gasteiger partial charge in [0.2, 0.25) is 0 Å². The van der Waals surface area contributed by atoms with Crippen molar-refractivity contribution in [2.45, 2.75) is 65.5 Å². The summed E-state index contributed by atoms with van der Waals surface area (Å²) in [6.07, 6.45) is 8.02. The van der Waals surface area contributed by atoms with E-state index in [4.69, 9.17) is 14.3 Å². The predicted octanol–water partition coefficient (Wildman–Crippen LogP) is 3.76. The zero-order valence-electron chi connectivity index (χ0n) is 17.6. The van der Waals surface area contributed by atoms with Crippen molar-refractivity contribution in [2.75, 3.05) is 6.54 Å². The van der Waals surface area contributed by atoms with Crippen molar-refractivity contribution in [3.8, 4) is 11.3 Å². The van der Waals surface area contributed by atoms with Crippen LogP contribution in [0.15, 0.2) is 30.6 Å². The fourth-order valence-electron chi connectivity index (χ4n) is 2.58. The van der Waals surface area contributed by atoms with Crippen molar-refractivity contribution in [3.05, 3.63) is 36.3 Å². The molecule has 0 bridgehead atoms. The summed E-state index contributed by atoms with van der Waals surface area (Å²) in [7, 11) is 0. The second-order valence-corrected chi connectivity index (χ2v) is 7.58. The van der Waals surface area contributed by atoms with Crippen LogP contribution >= 0.6 is 0 Å². The lowest BCUT2D eigenvalue weighted by atomic mass is 10.2. The molecule has 0 aliphatic carbocycles. The molecule has 158 valence electrons. The number of amides is 1. The molecule has 0 aromatic carbocycles. The Hall–Kier alpha value is -2.99. The molecule has 29 heavy (non-hydrogen) atoms. The first-order valence-corrected chi connectivity index (χ1v) is 9.68. The lowest BCUT2D eigenvalue weighted by Gasteiger charge is -2.19. The number of aryl methyl sites for hydroxylation is 2. The number of pyridine rings is 1. The number of hydrogen-bond acceptors (Lipinski definition) is 6. The van der Waals surface area contributed by atoms with Crippen LogP contribution in [0.3, 0.4) is 0 Å². The third-order valence-electron chi connectivity index (χ3n) is 3.80. The van der Waals surface area contributed by atoms with Gasteiger partial charge in [-0.15, -0.1) is 0 Å². The molecule has 0 fully saturated rings. The van der Waals surface area contributed by atoms with Gasteiger partial charge in [-0.3, -0.25) is 9.67 Å². The first kappa shape index (κ1) is 24.0. The van der Waals surface area contributed by atoms with Gasteiger partial charge in [-0.25, -0.2) is 4.79 Å². The Morgan fingerprint density at radius 2 is 1.86 bits per heavy atom. The number of carbonyl (C=O) groups excluding carboxylic acids is 3. The molecule has 0 saturated carbocycles. The van der Waals surface area contributed by atoms with Gasteiger partial charge in [0.25, 0.3) is 0 Å². The van der Waals surface area contributed by atoms with Crippen molar-refractivity contribution >= 4 is 12.2 Å². The van der Waals surface area contributed by atoms with Crippen LogP contribution in [0.5, 0.6) is 0 Å². The van der Waals surface area contributed by atoms with E-state index in [1.165, 1.54) is 0 Å². The fraction of sp³-hybridized carbons (Fsp3) is 0.524. The highest BCUT2D eigenvalue weighted by Crippen LogP contribution is 2.16. The number of ether oxygens (including phenoxy) is 1. The molecule has 2 rings (SSSR count). The van der Waals surface area contributed by atoms with Crippen LogP contribution < -0.4 is 5.32 Å². The SMILES string of the molecule is Cc1cccc(-c2cnn(CCCCCCNC(=O)OC(C)(C)C)c2)n1.O=C=O. The van der Waals surface area contributed by atoms with Crippen LogP contribution in [-0.4, -0.2) is 39.2 Å². The molecule has 0 aliphatic rings. The molecule has 0 saturated heterocycles. The maximum absolute atomic E-state index is 11.5. The third kappa shape index (κ3) is 10.8. The van der Waals surface area contributed by atoms with E-state index in [-0.39, 0.29) is 12.2 Å². The Balaban J connectivity index is 0.00000132. The third-order valence-corrected chi connectivity index (χ3v) is 3.80. The zero-order valence-corrected chi connectivity index (χ0v) is 17.6. The highest BCUT2D eigenvalue weighted by atomic mass is 16.6. The first-order chi connectivity index (χ1) is 13.7. The van der Waals surface area contributed by atoms with Crippen molar-refractivity contribution < 1.29 is 19.1 Å². The second kappa shape index (κ2) is 12.5. The average molecular weight is 402 g/mol. The number of nitrogens with one attached hydrogen (secondary N) is 1. The van der Waals surface area contributed by atoms with E-state index >= 15 is 0 Å². The molecule has 2 aromatic rings. The zero-order chi connectivity index (χ0) is 21.7. The van der Waals surface area contributed by atoms with Gasteiger partial charge in [-0.1, -0.05) is 18.9 Å². The monoisotopic (exact) mass is 402 g/mol. The molecule has 8 nitrogen and oxygen atoms in total. The van der Waals surface area contributed by atoms with Crippen LogP contribution in [0.2, 0.25) is 0 Å². The summed E-state index contributed by atoms with van der Waals surface area (Å²) in [5, 5.41) is 7.20. The normalized spacial score (nSPS) is 10.5. The van der Waals surface area contributed by atoms with Crippen LogP contribution in [0.1, 0.15) is 52.1 Å². The van der Waals surface area contributed by atoms with E-state index < -0.39 is 5.60 Å². The summed E-state index contributed by atoms with van der Waals surface area (Å²) in [5.74, 6) is 0. The Bertz CT molecular complexity index is 790. The minimum absolute atomic E-state index is 0.250. The minimum atomic E-state index is -0.444. The Kier molecular flexibility index (Phi) is 10.3. The van der Waals surface area contributed by atoms with Gasteiger partial charge in [0.1, 0.15) is 5.60 Å². The summed E-state index contributed by atoms with van der Waals surface area (Å²) >= 11 is 0. The van der Waals surface area contributed by atoms with E-state index in [9.17, 15) is 4.79 Å². The molecule has 0 spiro atoms. The fourth-order valence-corrected chi connectivity index (χ4v) is 2.58. The van der Waals surface area contributed by atoms with Crippen LogP contribution in [0.4, 0.5) is 4.79 Å². The topological polar surface area (TPSA) is 103 Å². The van der Waals surface area contributed by atoms with Gasteiger partial charge in [-0.05, 0) is 52.7 Å². The highest BCUT2D eigenvalue weighted by molar-refractivity contribution is 5.67. The average Bonchev–Trinajstić information content (AvgIpc) is 3.09. The summed E-state index contributed by atoms with van der Waals surface area (Å²) in [6.45, 7) is 9.13. The number of hydrogen-bond donors (Lipinski definition) is 1. The molecular weight excluding hydrogens is 372 g/mol. The van der Waals surface area contributed by atoms with Gasteiger partial charge in [0.15, 0.2) is 0 Å². The van der Waals surface area contributed by atoms with Gasteiger partial charge in [0, 0.05) is 30.5 Å². The van der Waals surface area contributed by atoms with Gasteiger partial charge in [0.05, 0.1) is 11.9 Å². The quantitative estimate of drug-likeness (QED) is 0.675. The molecule has 0 radical (unpaired) electrons. The Morgan fingerprint density at radius 3 is 2.52 bits per heavy atom. The van der Waals surface area contributed by atoms with E-state index in [0.717, 1.165) is 49.2 Å². The van der Waals surface area contributed by atoms with Crippen molar-refractivity contribution in [1.82, 2.24) is 20.1 Å². The maximum Gasteiger partial charge on any atom is 0.407 e. The number of aromatic nitrogens is 3. The van der Waals surface area contributed by atoms with Crippen molar-refractivity contribution in [2.24, 2.45) is 0 Å². The number of alkyl carbamates (subject to hydrolysis) is 1. The smallest absolute Gasteiger partial charge is 0.407 e. The lowest BCUT2D eigenvalue weighted by molar-refractivity contribution is -0.191. The summed E-state index contributed by atoms with van der Waals surface area (Å²) in [4.78, 5) is 32.3. The number of nitrogens with zero attached hydrogens (tertiary/aromatic N) is 3. The summed E-state index contributed by atoms with van der Waals surface area (Å²) in [5.41, 5.74) is 2.58.